The maximum atomic E-state index is 14.4. The molecule has 2 heterocycles. The average Bonchev–Trinajstić information content (AvgIpc) is 3.29. The van der Waals surface area contributed by atoms with E-state index in [1.807, 2.05) is 0 Å². The number of rotatable bonds is 3. The standard InChI is InChI=1S/C27H21ClF4N4O2/c28-20-10-6-17(7-11-20)25-34-23(16-4-8-19(9-5-16)27(30,31)32)24(18-2-1-3-21(29)14-18)36(25)26(38)35-13-12-33-22(37)15-35/h1-11,14,23-24H,12-13,15H2,(H,33,37). The summed E-state index contributed by atoms with van der Waals surface area (Å²) in [5, 5.41) is 3.13. The van der Waals surface area contributed by atoms with Gasteiger partial charge in [0.25, 0.3) is 0 Å². The summed E-state index contributed by atoms with van der Waals surface area (Å²) < 4.78 is 54.1. The van der Waals surface area contributed by atoms with Crippen LogP contribution in [-0.2, 0) is 11.0 Å². The number of nitrogens with one attached hydrogen (secondary N) is 1. The van der Waals surface area contributed by atoms with Crippen LogP contribution in [0.2, 0.25) is 5.02 Å². The van der Waals surface area contributed by atoms with Crippen LogP contribution in [0.3, 0.4) is 0 Å². The Kier molecular flexibility index (Phi) is 6.83. The monoisotopic (exact) mass is 544 g/mol. The molecule has 196 valence electrons. The van der Waals surface area contributed by atoms with E-state index in [1.165, 1.54) is 40.1 Å². The summed E-state index contributed by atoms with van der Waals surface area (Å²) in [6.45, 7) is 0.332. The Morgan fingerprint density at radius 1 is 1.00 bits per heavy atom. The van der Waals surface area contributed by atoms with E-state index in [9.17, 15) is 27.2 Å². The third-order valence-electron chi connectivity index (χ3n) is 6.45. The van der Waals surface area contributed by atoms with E-state index in [1.54, 1.807) is 30.3 Å². The van der Waals surface area contributed by atoms with Crippen LogP contribution in [0.4, 0.5) is 22.4 Å². The van der Waals surface area contributed by atoms with Gasteiger partial charge in [0.1, 0.15) is 24.2 Å². The van der Waals surface area contributed by atoms with Crippen LogP contribution in [0.25, 0.3) is 0 Å². The third-order valence-corrected chi connectivity index (χ3v) is 6.71. The molecule has 2 aliphatic rings. The lowest BCUT2D eigenvalue weighted by atomic mass is 9.93. The largest absolute Gasteiger partial charge is 0.416 e. The number of carbonyl (C=O) groups is 2. The van der Waals surface area contributed by atoms with Crippen molar-refractivity contribution in [2.24, 2.45) is 4.99 Å². The van der Waals surface area contributed by atoms with Gasteiger partial charge in [-0.1, -0.05) is 35.9 Å². The van der Waals surface area contributed by atoms with Crippen molar-refractivity contribution in [3.63, 3.8) is 0 Å². The fourth-order valence-corrected chi connectivity index (χ4v) is 4.79. The van der Waals surface area contributed by atoms with Crippen molar-refractivity contribution < 1.29 is 27.2 Å². The third kappa shape index (κ3) is 5.08. The molecule has 6 nitrogen and oxygen atoms in total. The second kappa shape index (κ2) is 10.1. The molecular formula is C27H21ClF4N4O2. The molecule has 0 bridgehead atoms. The molecule has 11 heteroatoms. The van der Waals surface area contributed by atoms with Crippen molar-refractivity contribution in [2.45, 2.75) is 18.3 Å². The van der Waals surface area contributed by atoms with Crippen LogP contribution in [0.5, 0.6) is 0 Å². The van der Waals surface area contributed by atoms with Gasteiger partial charge >= 0.3 is 12.2 Å². The molecule has 1 fully saturated rings. The van der Waals surface area contributed by atoms with Crippen molar-refractivity contribution in [1.29, 1.82) is 0 Å². The number of hydrogen-bond donors (Lipinski definition) is 1. The minimum atomic E-state index is -4.52. The highest BCUT2D eigenvalue weighted by atomic mass is 35.5. The van der Waals surface area contributed by atoms with E-state index < -0.39 is 35.7 Å². The lowest BCUT2D eigenvalue weighted by Crippen LogP contribution is -2.55. The lowest BCUT2D eigenvalue weighted by molar-refractivity contribution is -0.137. The first-order valence-corrected chi connectivity index (χ1v) is 12.1. The van der Waals surface area contributed by atoms with Gasteiger partial charge in [0, 0.05) is 23.7 Å². The van der Waals surface area contributed by atoms with Gasteiger partial charge in [-0.25, -0.2) is 9.18 Å². The molecule has 0 saturated carbocycles. The van der Waals surface area contributed by atoms with Crippen molar-refractivity contribution in [3.8, 4) is 0 Å². The summed E-state index contributed by atoms with van der Waals surface area (Å²) in [6, 6.07) is 14.5. The number of alkyl halides is 3. The smallest absolute Gasteiger partial charge is 0.353 e. The van der Waals surface area contributed by atoms with Gasteiger partial charge in [-0.2, -0.15) is 13.2 Å². The van der Waals surface area contributed by atoms with Gasteiger partial charge < -0.3 is 10.2 Å². The number of hydrogen-bond acceptors (Lipinski definition) is 3. The molecule has 1 N–H and O–H groups in total. The van der Waals surface area contributed by atoms with Gasteiger partial charge in [0.15, 0.2) is 0 Å². The molecule has 5 rings (SSSR count). The van der Waals surface area contributed by atoms with Crippen molar-refractivity contribution in [3.05, 3.63) is 106 Å². The summed E-state index contributed by atoms with van der Waals surface area (Å²) in [6.07, 6.45) is -4.52. The molecule has 3 aromatic carbocycles. The summed E-state index contributed by atoms with van der Waals surface area (Å²) in [5.74, 6) is -0.634. The fraction of sp³-hybridized carbons (Fsp3) is 0.222. The van der Waals surface area contributed by atoms with Gasteiger partial charge in [-0.3, -0.25) is 14.7 Å². The molecule has 2 aliphatic heterocycles. The summed E-state index contributed by atoms with van der Waals surface area (Å²) in [5.41, 5.74) is 0.513. The van der Waals surface area contributed by atoms with Gasteiger partial charge in [-0.05, 0) is 59.7 Å². The number of urea groups is 1. The Bertz CT molecular complexity index is 1390. The fourth-order valence-electron chi connectivity index (χ4n) is 4.66. The topological polar surface area (TPSA) is 65.0 Å². The molecule has 2 unspecified atom stereocenters. The minimum Gasteiger partial charge on any atom is -0.353 e. The van der Waals surface area contributed by atoms with Crippen LogP contribution in [0, 0.1) is 5.82 Å². The van der Waals surface area contributed by atoms with Crippen LogP contribution in [0.1, 0.15) is 34.3 Å². The first kappa shape index (κ1) is 25.7. The maximum absolute atomic E-state index is 14.4. The zero-order valence-corrected chi connectivity index (χ0v) is 20.5. The van der Waals surface area contributed by atoms with Crippen LogP contribution >= 0.6 is 11.6 Å². The zero-order chi connectivity index (χ0) is 27.0. The highest BCUT2D eigenvalue weighted by Crippen LogP contribution is 2.45. The summed E-state index contributed by atoms with van der Waals surface area (Å²) >= 11 is 6.07. The lowest BCUT2D eigenvalue weighted by Gasteiger charge is -2.35. The predicted octanol–water partition coefficient (Wildman–Crippen LogP) is 5.59. The van der Waals surface area contributed by atoms with Crippen LogP contribution in [0.15, 0.2) is 77.8 Å². The molecule has 3 amide bonds. The molecule has 0 aliphatic carbocycles. The Labute approximate surface area is 220 Å². The molecule has 1 saturated heterocycles. The second-order valence-corrected chi connectivity index (χ2v) is 9.38. The highest BCUT2D eigenvalue weighted by molar-refractivity contribution is 6.30. The Hall–Kier alpha value is -3.92. The Morgan fingerprint density at radius 3 is 2.34 bits per heavy atom. The van der Waals surface area contributed by atoms with E-state index >= 15 is 0 Å². The van der Waals surface area contributed by atoms with Crippen molar-refractivity contribution in [2.75, 3.05) is 19.6 Å². The second-order valence-electron chi connectivity index (χ2n) is 8.95. The Morgan fingerprint density at radius 2 is 1.71 bits per heavy atom. The molecule has 0 spiro atoms. The number of aliphatic imine (C=N–C) groups is 1. The van der Waals surface area contributed by atoms with E-state index in [0.717, 1.165) is 12.1 Å². The molecule has 2 atom stereocenters. The maximum Gasteiger partial charge on any atom is 0.416 e. The molecular weight excluding hydrogens is 524 g/mol. The number of amides is 3. The van der Waals surface area contributed by atoms with Gasteiger partial charge in [0.05, 0.1) is 11.6 Å². The van der Waals surface area contributed by atoms with E-state index in [4.69, 9.17) is 16.6 Å². The average molecular weight is 545 g/mol. The highest BCUT2D eigenvalue weighted by Gasteiger charge is 2.44. The zero-order valence-electron chi connectivity index (χ0n) is 19.8. The van der Waals surface area contributed by atoms with Gasteiger partial charge in [0.2, 0.25) is 5.91 Å². The number of piperazine rings is 1. The molecule has 3 aromatic rings. The van der Waals surface area contributed by atoms with Crippen molar-refractivity contribution >= 4 is 29.4 Å². The Balaban J connectivity index is 1.66. The first-order valence-electron chi connectivity index (χ1n) is 11.7. The molecule has 0 radical (unpaired) electrons. The van der Waals surface area contributed by atoms with Crippen molar-refractivity contribution in [1.82, 2.24) is 15.1 Å². The summed E-state index contributed by atoms with van der Waals surface area (Å²) in [4.78, 5) is 33.6. The summed E-state index contributed by atoms with van der Waals surface area (Å²) in [7, 11) is 0. The first-order chi connectivity index (χ1) is 18.1. The van der Waals surface area contributed by atoms with E-state index in [2.05, 4.69) is 5.32 Å². The molecule has 38 heavy (non-hydrogen) atoms. The SMILES string of the molecule is O=C1CN(C(=O)N2C(c3ccc(Cl)cc3)=NC(c3ccc(C(F)(F)F)cc3)C2c2cccc(F)c2)CCN1. The predicted molar refractivity (Wildman–Crippen MR) is 133 cm³/mol. The van der Waals surface area contributed by atoms with Crippen LogP contribution < -0.4 is 5.32 Å². The van der Waals surface area contributed by atoms with Gasteiger partial charge in [-0.15, -0.1) is 0 Å². The quantitative estimate of drug-likeness (QED) is 0.437. The normalized spacial score (nSPS) is 19.8. The molecule has 0 aromatic heterocycles. The van der Waals surface area contributed by atoms with E-state index in [0.29, 0.717) is 21.7 Å². The van der Waals surface area contributed by atoms with E-state index in [-0.39, 0.29) is 31.4 Å². The number of halogens is 5. The number of amidine groups is 1. The number of carbonyl (C=O) groups excluding carboxylic acids is 2. The number of nitrogens with zero attached hydrogens (tertiary/aromatic N) is 3. The van der Waals surface area contributed by atoms with Crippen LogP contribution in [-0.4, -0.2) is 47.2 Å². The number of benzene rings is 3. The minimum absolute atomic E-state index is 0.177.